The quantitative estimate of drug-likeness (QED) is 0.133. The summed E-state index contributed by atoms with van der Waals surface area (Å²) in [5.74, 6) is 0.877. The summed E-state index contributed by atoms with van der Waals surface area (Å²) in [6, 6.07) is 75.7. The Hall–Kier alpha value is -12.8. The average molecular weight is 1560 g/mol. The smallest absolute Gasteiger partial charge is 0.456 e. The number of aromatic nitrogens is 6. The second kappa shape index (κ2) is 26.8. The highest BCUT2D eigenvalue weighted by Crippen LogP contribution is 2.45. The van der Waals surface area contributed by atoms with Crippen molar-refractivity contribution in [1.29, 1.82) is 0 Å². The van der Waals surface area contributed by atoms with Gasteiger partial charge in [-0.1, -0.05) is 206 Å². The lowest BCUT2D eigenvalue weighted by atomic mass is 9.78. The lowest BCUT2D eigenvalue weighted by molar-refractivity contribution is 0.00578. The van der Waals surface area contributed by atoms with Gasteiger partial charge in [-0.2, -0.15) is 0 Å². The van der Waals surface area contributed by atoms with E-state index in [1.807, 2.05) is 185 Å². The Balaban J connectivity index is 0.000000129. The van der Waals surface area contributed by atoms with E-state index in [4.69, 9.17) is 65.6 Å². The second-order valence-corrected chi connectivity index (χ2v) is 31.4. The molecule has 0 N–H and O–H groups in total. The van der Waals surface area contributed by atoms with Crippen molar-refractivity contribution in [2.24, 2.45) is 0 Å². The molecule has 0 saturated carbocycles. The zero-order valence-corrected chi connectivity index (χ0v) is 63.2. The fourth-order valence-corrected chi connectivity index (χ4v) is 17.7. The second-order valence-electron chi connectivity index (χ2n) is 28.4. The number of hydrogen-bond donors (Lipinski definition) is 0. The van der Waals surface area contributed by atoms with E-state index in [-0.39, 0.29) is 46.1 Å². The molecule has 1 fully saturated rings. The maximum atomic E-state index is 8.71. The van der Waals surface area contributed by atoms with Gasteiger partial charge in [-0.3, -0.25) is 0 Å². The molecule has 1 aliphatic heterocycles. The van der Waals surface area contributed by atoms with Crippen LogP contribution in [0.4, 0.5) is 0 Å². The predicted molar refractivity (Wildman–Crippen MR) is 462 cm³/mol. The van der Waals surface area contributed by atoms with Crippen LogP contribution in [-0.4, -0.2) is 48.2 Å². The maximum Gasteiger partial charge on any atom is 0.494 e. The first-order valence-electron chi connectivity index (χ1n) is 41.2. The molecule has 23 rings (SSSR count). The summed E-state index contributed by atoms with van der Waals surface area (Å²) in [7, 11) is -0.527. The highest BCUT2D eigenvalue weighted by atomic mass is 79.9. The summed E-state index contributed by atoms with van der Waals surface area (Å²) in [6.45, 7) is 8.08. The summed E-state index contributed by atoms with van der Waals surface area (Å²) in [5, 5.41) is 12.7. The van der Waals surface area contributed by atoms with Crippen LogP contribution in [0.15, 0.2) is 325 Å². The minimum absolute atomic E-state index is 0.0449. The molecule has 1 saturated heterocycles. The first-order chi connectivity index (χ1) is 59.0. The van der Waals surface area contributed by atoms with Crippen LogP contribution in [0, 0.1) is 0 Å². The number of halogens is 1. The molecule has 112 heavy (non-hydrogen) atoms. The van der Waals surface area contributed by atoms with Gasteiger partial charge in [0, 0.05) is 121 Å². The topological polar surface area (TPSA) is 148 Å². The average Bonchev–Trinajstić information content (AvgIpc) is 1.71. The molecule has 9 heterocycles. The number of para-hydroxylation sites is 2. The molecule has 0 amide bonds. The Labute approximate surface area is 671 Å². The number of hydrogen-bond acceptors (Lipinski definition) is 14. The summed E-state index contributed by atoms with van der Waals surface area (Å²) < 4.78 is 128. The minimum Gasteiger partial charge on any atom is -0.456 e. The van der Waals surface area contributed by atoms with Crippen molar-refractivity contribution in [3.05, 3.63) is 308 Å². The number of benzene rings is 14. The molecule has 0 bridgehead atoms. The lowest BCUT2D eigenvalue weighted by Crippen LogP contribution is -2.41. The van der Waals surface area contributed by atoms with E-state index >= 15 is 0 Å². The number of nitrogens with zero attached hydrogens (tertiary/aromatic N) is 6. The SMILES string of the molecule is Brc1cccc2c1sc1ccccc12.[2H]c1c([2H])c([2H])c(-c2nc(-c3ccc4c(c3)oc3ccccc34)nc(-c3ccc4c(c3)oc3ccc(-c5cccc6c5sc5ccccc56)cc34)n2)c([2H])c1[2H].[2H]c1c([2H])c([2H])c(-c2nc(-c3ccc4c(c3)oc3ccccc34)nc(-c3ccc4c(c3)oc3ccc(B5OC(C)(C)C(C)(C)O5)cc34)n2)c([2H])c1[2H]. The molecule has 0 aliphatic carbocycles. The number of thiophene rings is 2. The van der Waals surface area contributed by atoms with E-state index in [9.17, 15) is 0 Å². The first kappa shape index (κ1) is 57.3. The van der Waals surface area contributed by atoms with E-state index in [1.165, 1.54) is 44.8 Å². The first-order valence-corrected chi connectivity index (χ1v) is 38.6. The monoisotopic (exact) mass is 1560 g/mol. The van der Waals surface area contributed by atoms with Gasteiger partial charge in [0.2, 0.25) is 0 Å². The van der Waals surface area contributed by atoms with Gasteiger partial charge < -0.3 is 27.0 Å². The van der Waals surface area contributed by atoms with Crippen molar-refractivity contribution in [2.75, 3.05) is 0 Å². The van der Waals surface area contributed by atoms with Crippen LogP contribution >= 0.6 is 38.6 Å². The van der Waals surface area contributed by atoms with Gasteiger partial charge in [0.15, 0.2) is 34.9 Å². The van der Waals surface area contributed by atoms with Gasteiger partial charge in [0.25, 0.3) is 0 Å². The molecule has 1 aliphatic rings. The fraction of sp³-hybridized carbons (Fsp3) is 0.0625. The number of fused-ring (bicyclic) bond motifs is 18. The van der Waals surface area contributed by atoms with Crippen molar-refractivity contribution in [1.82, 2.24) is 29.9 Å². The summed E-state index contributed by atoms with van der Waals surface area (Å²) in [6.07, 6.45) is 0. The molecule has 0 spiro atoms. The molecule has 12 nitrogen and oxygen atoms in total. The third-order valence-corrected chi connectivity index (χ3v) is 24.4. The summed E-state index contributed by atoms with van der Waals surface area (Å²) in [4.78, 5) is 28.6. The van der Waals surface area contributed by atoms with Crippen LogP contribution in [0.3, 0.4) is 0 Å². The van der Waals surface area contributed by atoms with Gasteiger partial charge in [0.05, 0.1) is 24.9 Å². The van der Waals surface area contributed by atoms with Crippen molar-refractivity contribution < 1.29 is 40.7 Å². The van der Waals surface area contributed by atoms with Gasteiger partial charge in [-0.25, -0.2) is 29.9 Å². The molecule has 0 radical (unpaired) electrons. The third-order valence-electron chi connectivity index (χ3n) is 21.1. The highest BCUT2D eigenvalue weighted by Gasteiger charge is 2.52. The molecule has 22 aromatic rings. The Kier molecular flexibility index (Phi) is 13.7. The van der Waals surface area contributed by atoms with E-state index in [0.717, 1.165) is 76.4 Å². The minimum atomic E-state index is -0.527. The maximum absolute atomic E-state index is 8.71. The zero-order valence-electron chi connectivity index (χ0n) is 70.0. The zero-order chi connectivity index (χ0) is 83.6. The van der Waals surface area contributed by atoms with Crippen molar-refractivity contribution in [3.63, 3.8) is 0 Å². The summed E-state index contributed by atoms with van der Waals surface area (Å²) >= 11 is 7.22. The Morgan fingerprint density at radius 3 is 1.12 bits per heavy atom. The molecule has 0 unspecified atom stereocenters. The van der Waals surface area contributed by atoms with Crippen LogP contribution in [0.5, 0.6) is 0 Å². The van der Waals surface area contributed by atoms with Crippen molar-refractivity contribution in [3.8, 4) is 79.5 Å². The van der Waals surface area contributed by atoms with Gasteiger partial charge in [0.1, 0.15) is 44.7 Å². The Morgan fingerprint density at radius 2 is 0.643 bits per heavy atom. The van der Waals surface area contributed by atoms with Crippen LogP contribution in [0.25, 0.3) is 208 Å². The predicted octanol–water partition coefficient (Wildman–Crippen LogP) is 26.5. The third kappa shape index (κ3) is 11.8. The molecule has 8 aromatic heterocycles. The molecular weight excluding hydrogens is 1490 g/mol. The molecular formula is C96H62BBrN6O6S2. The van der Waals surface area contributed by atoms with Crippen molar-refractivity contribution in [2.45, 2.75) is 38.9 Å². The standard InChI is InChI=1S/C45H25N3O2S.C39H30BN3O4.C12H7BrS/c1-2-9-26(10-3-1)43-46-44(28-17-20-32-31-11-4-6-15-37(31)49-39(32)24-28)48-45(47-43)29-18-21-33-36-23-27(19-22-38(36)50-40(33)25-29)30-13-8-14-35-34-12-5-7-16-41(34)51-42(30)35;1-38(2)39(3,4)47-40(46-38)26-16-19-32-30(22-26)29-18-15-25(21-34(29)45-32)37-42-35(23-10-6-5-7-11-23)41-36(43-37)24-14-17-28-27-12-8-9-13-31(27)44-33(28)20-24;13-10-6-3-5-9-8-4-1-2-7-11(8)14-12(9)10/h1-25H;5-22H,1-4H3;1-7H/i1D,2D,3D,9D,10D;5D,6D,7D,10D,11D;. The number of furan rings is 4. The summed E-state index contributed by atoms with van der Waals surface area (Å²) in [5.41, 5.74) is 9.75. The van der Waals surface area contributed by atoms with Crippen LogP contribution in [-0.2, 0) is 9.31 Å². The van der Waals surface area contributed by atoms with Crippen molar-refractivity contribution >= 4 is 179 Å². The van der Waals surface area contributed by atoms with Gasteiger partial charge in [-0.15, -0.1) is 22.7 Å². The van der Waals surface area contributed by atoms with Crippen LogP contribution in [0.2, 0.25) is 0 Å². The number of rotatable bonds is 8. The Bertz CT molecular complexity index is 8140. The van der Waals surface area contributed by atoms with Crippen LogP contribution in [0.1, 0.15) is 41.4 Å². The lowest BCUT2D eigenvalue weighted by Gasteiger charge is -2.32. The van der Waals surface area contributed by atoms with Crippen LogP contribution < -0.4 is 5.46 Å². The van der Waals surface area contributed by atoms with E-state index < -0.39 is 78.7 Å². The van der Waals surface area contributed by atoms with E-state index in [0.29, 0.717) is 50.2 Å². The molecule has 0 atom stereocenters. The van der Waals surface area contributed by atoms with Gasteiger partial charge in [-0.05, 0) is 157 Å². The Morgan fingerprint density at radius 1 is 0.295 bits per heavy atom. The molecule has 14 aromatic carbocycles. The molecule has 16 heteroatoms. The largest absolute Gasteiger partial charge is 0.494 e. The van der Waals surface area contributed by atoms with Gasteiger partial charge >= 0.3 is 7.12 Å². The highest BCUT2D eigenvalue weighted by molar-refractivity contribution is 9.10. The normalized spacial score (nSPS) is 14.7. The molecule has 534 valence electrons. The van der Waals surface area contributed by atoms with E-state index in [2.05, 4.69) is 118 Å². The fourth-order valence-electron chi connectivity index (χ4n) is 14.8. The van der Waals surface area contributed by atoms with E-state index in [1.54, 1.807) is 11.3 Å².